The number of aromatic hydroxyl groups is 2. The molecule has 0 saturated carbocycles. The van der Waals surface area contributed by atoms with Crippen LogP contribution in [0.1, 0.15) is 38.3 Å². The van der Waals surface area contributed by atoms with E-state index >= 15 is 0 Å². The number of ketones is 2. The maximum atomic E-state index is 13.4. The van der Waals surface area contributed by atoms with Crippen molar-refractivity contribution in [3.8, 4) is 23.0 Å². The van der Waals surface area contributed by atoms with Crippen LogP contribution in [0, 0.1) is 0 Å². The number of fused-ring (bicyclic) bond motifs is 4. The van der Waals surface area contributed by atoms with Gasteiger partial charge in [-0.05, 0) is 84.9 Å². The Hall–Kier alpha value is -6.76. The molecule has 0 aliphatic carbocycles. The van der Waals surface area contributed by atoms with Crippen LogP contribution in [0.25, 0.3) is 44.1 Å². The van der Waals surface area contributed by atoms with Crippen molar-refractivity contribution in [2.24, 2.45) is 0 Å². The molecule has 0 bridgehead atoms. The van der Waals surface area contributed by atoms with Crippen molar-refractivity contribution in [1.29, 1.82) is 0 Å². The van der Waals surface area contributed by atoms with Crippen molar-refractivity contribution in [2.45, 2.75) is 6.42 Å². The number of nitrogens with zero attached hydrogens (tertiary/aromatic N) is 2. The zero-order chi connectivity index (χ0) is 38.4. The van der Waals surface area contributed by atoms with Crippen LogP contribution in [0.3, 0.4) is 0 Å². The van der Waals surface area contributed by atoms with Gasteiger partial charge in [0.05, 0.1) is 45.9 Å². The monoisotopic (exact) mass is 774 g/mol. The molecule has 0 unspecified atom stereocenters. The maximum Gasteiger partial charge on any atom is 0.230 e. The molecule has 0 atom stereocenters. The van der Waals surface area contributed by atoms with Crippen LogP contribution < -0.4 is 20.3 Å². The summed E-state index contributed by atoms with van der Waals surface area (Å²) in [5, 5.41) is 22.4. The fourth-order valence-corrected chi connectivity index (χ4v) is 6.34. The molecule has 0 amide bonds. The van der Waals surface area contributed by atoms with Gasteiger partial charge >= 0.3 is 0 Å². The molecule has 8 rings (SSSR count). The summed E-state index contributed by atoms with van der Waals surface area (Å²) in [6, 6.07) is 20.4. The zero-order valence-corrected chi connectivity index (χ0v) is 29.7. The first-order valence-corrected chi connectivity index (χ1v) is 17.3. The molecule has 272 valence electrons. The van der Waals surface area contributed by atoms with Crippen LogP contribution in [0.5, 0.6) is 23.0 Å². The molecule has 8 aromatic rings. The predicted molar refractivity (Wildman–Crippen MR) is 204 cm³/mol. The fraction of sp³-hybridized carbons (Fsp3) is 0.0732. The normalized spacial score (nSPS) is 11.4. The number of pyridine rings is 2. The Morgan fingerprint density at radius 3 is 1.45 bits per heavy atom. The largest absolute Gasteiger partial charge is 0.507 e. The molecule has 55 heavy (non-hydrogen) atoms. The second kappa shape index (κ2) is 14.2. The first kappa shape index (κ1) is 35.3. The number of carbonyl (C=O) groups is 2. The van der Waals surface area contributed by atoms with Gasteiger partial charge < -0.3 is 28.5 Å². The number of hydrogen-bond acceptors (Lipinski definition) is 12. The lowest BCUT2D eigenvalue weighted by atomic mass is 10.0. The molecular formula is C41H24Cl2N2O10. The number of ether oxygens (including phenoxy) is 2. The van der Waals surface area contributed by atoms with E-state index in [1.54, 1.807) is 24.3 Å². The highest BCUT2D eigenvalue weighted by molar-refractivity contribution is 6.31. The summed E-state index contributed by atoms with van der Waals surface area (Å²) in [7, 11) is 0. The van der Waals surface area contributed by atoms with Crippen molar-refractivity contribution in [2.75, 3.05) is 13.2 Å². The number of carbonyl (C=O) groups excluding carboxylic acids is 2. The highest BCUT2D eigenvalue weighted by Crippen LogP contribution is 2.29. The van der Waals surface area contributed by atoms with E-state index in [0.717, 1.165) is 0 Å². The van der Waals surface area contributed by atoms with Gasteiger partial charge in [0.25, 0.3) is 0 Å². The number of rotatable bonds is 10. The van der Waals surface area contributed by atoms with Crippen LogP contribution >= 0.6 is 23.2 Å². The van der Waals surface area contributed by atoms with Gasteiger partial charge in [0, 0.05) is 40.0 Å². The minimum atomic E-state index is -0.592. The molecule has 0 spiro atoms. The van der Waals surface area contributed by atoms with E-state index in [1.807, 2.05) is 0 Å². The Morgan fingerprint density at radius 1 is 0.582 bits per heavy atom. The molecule has 2 N–H and O–H groups in total. The summed E-state index contributed by atoms with van der Waals surface area (Å²) < 4.78 is 23.1. The number of benzene rings is 4. The Bertz CT molecular complexity index is 2810. The Kier molecular flexibility index (Phi) is 9.13. The highest BCUT2D eigenvalue weighted by atomic mass is 35.5. The van der Waals surface area contributed by atoms with Gasteiger partial charge in [0.1, 0.15) is 34.2 Å². The summed E-state index contributed by atoms with van der Waals surface area (Å²) in [4.78, 5) is 61.5. The van der Waals surface area contributed by atoms with Crippen LogP contribution in [0.2, 0.25) is 10.0 Å². The van der Waals surface area contributed by atoms with E-state index in [1.165, 1.54) is 73.1 Å². The number of hydrogen-bond donors (Lipinski definition) is 2. The van der Waals surface area contributed by atoms with E-state index < -0.39 is 22.4 Å². The van der Waals surface area contributed by atoms with Crippen LogP contribution in [-0.2, 0) is 0 Å². The lowest BCUT2D eigenvalue weighted by Crippen LogP contribution is -2.09. The third-order valence-electron chi connectivity index (χ3n) is 8.75. The smallest absolute Gasteiger partial charge is 0.230 e. The lowest BCUT2D eigenvalue weighted by molar-refractivity contribution is 0.102. The van der Waals surface area contributed by atoms with Gasteiger partial charge in [-0.2, -0.15) is 0 Å². The summed E-state index contributed by atoms with van der Waals surface area (Å²) in [5.74, 6) is -1.19. The number of halogens is 2. The quantitative estimate of drug-likeness (QED) is 0.0777. The minimum absolute atomic E-state index is 0.0492. The van der Waals surface area contributed by atoms with E-state index in [9.17, 15) is 29.4 Å². The number of aromatic nitrogens is 2. The van der Waals surface area contributed by atoms with Crippen molar-refractivity contribution >= 4 is 78.9 Å². The lowest BCUT2D eigenvalue weighted by Gasteiger charge is -2.11. The topological polar surface area (TPSA) is 179 Å². The van der Waals surface area contributed by atoms with Crippen molar-refractivity contribution in [3.63, 3.8) is 0 Å². The highest BCUT2D eigenvalue weighted by Gasteiger charge is 2.20. The average Bonchev–Trinajstić information content (AvgIpc) is 3.19. The number of phenols is 2. The summed E-state index contributed by atoms with van der Waals surface area (Å²) in [5.41, 5.74) is -0.132. The van der Waals surface area contributed by atoms with Crippen molar-refractivity contribution < 1.29 is 38.1 Å². The zero-order valence-electron chi connectivity index (χ0n) is 28.2. The average molecular weight is 776 g/mol. The SMILES string of the molecule is O=C(c1cnc2oc3ccc(Cl)cc3c(=O)c2c1)c1cc(OCCCOc2ccc(O)c(C(=O)c3cnc4oc5ccc(Cl)cc5c(=O)c4c3)c2)ccc1O. The van der Waals surface area contributed by atoms with Crippen LogP contribution in [0.4, 0.5) is 0 Å². The van der Waals surface area contributed by atoms with Gasteiger partial charge in [0.15, 0.2) is 11.6 Å². The van der Waals surface area contributed by atoms with Gasteiger partial charge in [-0.1, -0.05) is 23.2 Å². The molecule has 4 heterocycles. The fourth-order valence-electron chi connectivity index (χ4n) is 6.00. The summed E-state index contributed by atoms with van der Waals surface area (Å²) in [6.45, 7) is 0.309. The van der Waals surface area contributed by atoms with Gasteiger partial charge in [-0.15, -0.1) is 0 Å². The predicted octanol–water partition coefficient (Wildman–Crippen LogP) is 8.02. The first-order chi connectivity index (χ1) is 26.5. The van der Waals surface area contributed by atoms with E-state index in [2.05, 4.69) is 9.97 Å². The third kappa shape index (κ3) is 6.80. The standard InChI is InChI=1S/C41H24Cl2N2O10/c42-22-2-8-34-28(14-22)38(50)30-12-20(18-44-40(30)54-34)36(48)26-16-24(4-6-32(26)46)52-10-1-11-53-25-5-7-33(47)27(17-25)37(49)21-13-31-39(51)29-15-23(43)3-9-35(29)55-41(31)45-19-21/h2-9,12-19,46-47H,1,10-11H2. The van der Waals surface area contributed by atoms with Crippen molar-refractivity contribution in [3.05, 3.63) is 150 Å². The second-order valence-corrected chi connectivity index (χ2v) is 13.2. The summed E-state index contributed by atoms with van der Waals surface area (Å²) >= 11 is 12.1. The molecule has 0 aliphatic rings. The molecular weight excluding hydrogens is 751 g/mol. The molecule has 0 radical (unpaired) electrons. The molecule has 0 fully saturated rings. The second-order valence-electron chi connectivity index (χ2n) is 12.4. The van der Waals surface area contributed by atoms with Gasteiger partial charge in [-0.3, -0.25) is 19.2 Å². The number of phenolic OH excluding ortho intramolecular Hbond substituents is 2. The van der Waals surface area contributed by atoms with Crippen molar-refractivity contribution in [1.82, 2.24) is 9.97 Å². The van der Waals surface area contributed by atoms with Crippen LogP contribution in [0.15, 0.2) is 116 Å². The molecule has 4 aromatic heterocycles. The Morgan fingerprint density at radius 2 is 1.02 bits per heavy atom. The summed E-state index contributed by atoms with van der Waals surface area (Å²) in [6.07, 6.45) is 2.90. The molecule has 12 nitrogen and oxygen atoms in total. The Labute approximate surface area is 318 Å². The first-order valence-electron chi connectivity index (χ1n) is 16.6. The van der Waals surface area contributed by atoms with E-state index in [4.69, 9.17) is 41.5 Å². The molecule has 4 aromatic carbocycles. The van der Waals surface area contributed by atoms with Gasteiger partial charge in [0.2, 0.25) is 22.3 Å². The molecule has 14 heteroatoms. The van der Waals surface area contributed by atoms with E-state index in [-0.39, 0.29) is 79.9 Å². The third-order valence-corrected chi connectivity index (χ3v) is 9.22. The molecule has 0 aliphatic heterocycles. The minimum Gasteiger partial charge on any atom is -0.507 e. The molecule has 0 saturated heterocycles. The van der Waals surface area contributed by atoms with Crippen LogP contribution in [-0.4, -0.2) is 45.0 Å². The Balaban J connectivity index is 0.923. The van der Waals surface area contributed by atoms with Gasteiger partial charge in [-0.25, -0.2) is 9.97 Å². The van der Waals surface area contributed by atoms with E-state index in [0.29, 0.717) is 39.1 Å². The maximum absolute atomic E-state index is 13.4.